The van der Waals surface area contributed by atoms with E-state index >= 15 is 0 Å². The number of carbonyl (C=O) groups is 1. The van der Waals surface area contributed by atoms with Crippen LogP contribution >= 0.6 is 11.3 Å². The van der Waals surface area contributed by atoms with E-state index in [0.717, 1.165) is 22.7 Å². The fourth-order valence-corrected chi connectivity index (χ4v) is 7.44. The van der Waals surface area contributed by atoms with Gasteiger partial charge in [-0.3, -0.25) is 4.79 Å². The summed E-state index contributed by atoms with van der Waals surface area (Å²) in [6, 6.07) is 13.6. The van der Waals surface area contributed by atoms with Crippen LogP contribution in [0.25, 0.3) is 16.4 Å². The molecule has 10 nitrogen and oxygen atoms in total. The van der Waals surface area contributed by atoms with Crippen molar-refractivity contribution >= 4 is 27.3 Å². The molecule has 2 aromatic carbocycles. The third-order valence-electron chi connectivity index (χ3n) is 7.16. The van der Waals surface area contributed by atoms with Gasteiger partial charge >= 0.3 is 0 Å². The normalized spacial score (nSPS) is 16.2. The van der Waals surface area contributed by atoms with Crippen LogP contribution in [0.1, 0.15) is 42.7 Å². The van der Waals surface area contributed by atoms with E-state index in [2.05, 4.69) is 5.10 Å². The van der Waals surface area contributed by atoms with Crippen molar-refractivity contribution in [1.29, 1.82) is 0 Å². The Morgan fingerprint density at radius 1 is 1.00 bits per heavy atom. The lowest BCUT2D eigenvalue weighted by molar-refractivity contribution is 0.0640. The van der Waals surface area contributed by atoms with Crippen LogP contribution in [0.5, 0.6) is 11.5 Å². The van der Waals surface area contributed by atoms with E-state index in [-0.39, 0.29) is 36.4 Å². The van der Waals surface area contributed by atoms with Crippen LogP contribution < -0.4 is 9.47 Å². The number of carbonyl (C=O) groups excluding carboxylic acids is 1. The lowest BCUT2D eigenvalue weighted by Gasteiger charge is -2.39. The van der Waals surface area contributed by atoms with E-state index in [1.54, 1.807) is 47.2 Å². The summed E-state index contributed by atoms with van der Waals surface area (Å²) in [7, 11) is -0.554. The molecular formula is C29H33N5O5S2. The zero-order valence-electron chi connectivity index (χ0n) is 23.6. The minimum absolute atomic E-state index is 0.000973. The Bertz CT molecular complexity index is 1630. The molecule has 0 aliphatic carbocycles. The lowest BCUT2D eigenvalue weighted by Crippen LogP contribution is -2.55. The molecule has 1 amide bonds. The van der Waals surface area contributed by atoms with Crippen LogP contribution in [0, 0.1) is 0 Å². The van der Waals surface area contributed by atoms with Crippen LogP contribution in [-0.2, 0) is 10.0 Å². The summed E-state index contributed by atoms with van der Waals surface area (Å²) in [5.74, 6) is 1.19. The second-order valence-electron chi connectivity index (χ2n) is 10.1. The quantitative estimate of drug-likeness (QED) is 0.291. The molecule has 216 valence electrons. The average Bonchev–Trinajstić information content (AvgIpc) is 3.65. The van der Waals surface area contributed by atoms with Gasteiger partial charge in [-0.15, -0.1) is 11.3 Å². The number of aromatic nitrogens is 3. The monoisotopic (exact) mass is 595 g/mol. The fourth-order valence-electron chi connectivity index (χ4n) is 5.02. The van der Waals surface area contributed by atoms with E-state index in [9.17, 15) is 13.2 Å². The zero-order valence-corrected chi connectivity index (χ0v) is 25.3. The molecule has 5 rings (SSSR count). The summed E-state index contributed by atoms with van der Waals surface area (Å²) in [5, 5.41) is 7.20. The lowest BCUT2D eigenvalue weighted by atomic mass is 10.0. The predicted octanol–water partition coefficient (Wildman–Crippen LogP) is 4.67. The second-order valence-corrected chi connectivity index (χ2v) is 12.9. The van der Waals surface area contributed by atoms with Crippen molar-refractivity contribution in [3.63, 3.8) is 0 Å². The topological polar surface area (TPSA) is 107 Å². The van der Waals surface area contributed by atoms with Crippen molar-refractivity contribution in [3.8, 4) is 27.9 Å². The molecule has 1 saturated heterocycles. The number of nitrogens with zero attached hydrogens (tertiary/aromatic N) is 5. The number of methoxy groups -OCH3 is 2. The molecule has 4 aromatic rings. The van der Waals surface area contributed by atoms with Gasteiger partial charge in [0, 0.05) is 36.6 Å². The molecule has 1 aliphatic heterocycles. The first-order valence-electron chi connectivity index (χ1n) is 13.3. The van der Waals surface area contributed by atoms with Crippen molar-refractivity contribution in [2.45, 2.75) is 37.6 Å². The van der Waals surface area contributed by atoms with Gasteiger partial charge in [-0.05, 0) is 61.4 Å². The third-order valence-corrected chi connectivity index (χ3v) is 10.0. The molecule has 41 heavy (non-hydrogen) atoms. The van der Waals surface area contributed by atoms with Gasteiger partial charge in [0.05, 0.1) is 42.3 Å². The zero-order chi connectivity index (χ0) is 29.3. The van der Waals surface area contributed by atoms with Gasteiger partial charge in [0.1, 0.15) is 11.5 Å². The first kappa shape index (κ1) is 28.8. The van der Waals surface area contributed by atoms with Gasteiger partial charge in [-0.1, -0.05) is 13.8 Å². The molecule has 2 aromatic heterocycles. The van der Waals surface area contributed by atoms with Crippen LogP contribution in [0.3, 0.4) is 0 Å². The summed E-state index contributed by atoms with van der Waals surface area (Å²) in [5.41, 5.74) is 3.04. The maximum Gasteiger partial charge on any atom is 0.257 e. The largest absolute Gasteiger partial charge is 0.497 e. The predicted molar refractivity (Wildman–Crippen MR) is 158 cm³/mol. The van der Waals surface area contributed by atoms with E-state index in [4.69, 9.17) is 14.5 Å². The van der Waals surface area contributed by atoms with Gasteiger partial charge in [-0.25, -0.2) is 18.1 Å². The molecule has 0 bridgehead atoms. The van der Waals surface area contributed by atoms with Crippen molar-refractivity contribution in [3.05, 3.63) is 71.4 Å². The van der Waals surface area contributed by atoms with Crippen molar-refractivity contribution in [1.82, 2.24) is 24.0 Å². The molecule has 1 fully saturated rings. The molecular weight excluding hydrogens is 562 g/mol. The smallest absolute Gasteiger partial charge is 0.257 e. The number of rotatable bonds is 8. The molecule has 0 radical (unpaired) electrons. The van der Waals surface area contributed by atoms with Crippen LogP contribution in [-0.4, -0.2) is 78.2 Å². The Hall–Kier alpha value is -3.74. The van der Waals surface area contributed by atoms with Crippen molar-refractivity contribution in [2.75, 3.05) is 33.9 Å². The maximum absolute atomic E-state index is 13.8. The minimum Gasteiger partial charge on any atom is -0.497 e. The van der Waals surface area contributed by atoms with Crippen LogP contribution in [0.4, 0.5) is 0 Å². The van der Waals surface area contributed by atoms with E-state index in [1.165, 1.54) is 22.8 Å². The fraction of sp³-hybridized carbons (Fsp3) is 0.345. The van der Waals surface area contributed by atoms with Gasteiger partial charge < -0.3 is 14.4 Å². The molecule has 0 N–H and O–H groups in total. The number of amides is 1. The van der Waals surface area contributed by atoms with Gasteiger partial charge in [0.2, 0.25) is 15.2 Å². The number of hydrogen-bond donors (Lipinski definition) is 0. The van der Waals surface area contributed by atoms with Gasteiger partial charge in [0.15, 0.2) is 0 Å². The molecule has 0 spiro atoms. The highest BCUT2D eigenvalue weighted by Crippen LogP contribution is 2.30. The summed E-state index contributed by atoms with van der Waals surface area (Å²) in [6.07, 6.45) is 1.59. The highest BCUT2D eigenvalue weighted by atomic mass is 32.2. The first-order chi connectivity index (χ1) is 19.6. The Balaban J connectivity index is 1.35. The van der Waals surface area contributed by atoms with Crippen LogP contribution in [0.15, 0.2) is 65.0 Å². The minimum atomic E-state index is -3.72. The van der Waals surface area contributed by atoms with Crippen molar-refractivity contribution < 1.29 is 22.7 Å². The standard InChI is InChI=1S/C29H33N5O5S2/c1-19(2)27-25(16-30-34(27)29-31-26(18-40-29)21-6-8-22(38-4)9-7-21)28(35)32-14-15-33(20(3)17-32)41(36,37)24-12-10-23(39-5)11-13-24/h6-13,16,18-20H,14-15,17H2,1-5H3. The number of thiazole rings is 1. The summed E-state index contributed by atoms with van der Waals surface area (Å²) in [4.78, 5) is 20.5. The Kier molecular flexibility index (Phi) is 8.16. The number of sulfonamides is 1. The number of benzene rings is 2. The average molecular weight is 596 g/mol. The van der Waals surface area contributed by atoms with E-state index in [0.29, 0.717) is 16.4 Å². The summed E-state index contributed by atoms with van der Waals surface area (Å²) >= 11 is 1.46. The Labute approximate surface area is 244 Å². The Morgan fingerprint density at radius 2 is 1.63 bits per heavy atom. The van der Waals surface area contributed by atoms with Crippen LogP contribution in [0.2, 0.25) is 0 Å². The molecule has 0 saturated carbocycles. The molecule has 1 aliphatic rings. The maximum atomic E-state index is 13.8. The molecule has 12 heteroatoms. The van der Waals surface area contributed by atoms with Gasteiger partial charge in [0.25, 0.3) is 5.91 Å². The summed E-state index contributed by atoms with van der Waals surface area (Å²) < 4.78 is 40.3. The molecule has 3 heterocycles. The Morgan fingerprint density at radius 3 is 2.22 bits per heavy atom. The number of piperazine rings is 1. The summed E-state index contributed by atoms with van der Waals surface area (Å²) in [6.45, 7) is 6.61. The van der Waals surface area contributed by atoms with Crippen molar-refractivity contribution in [2.24, 2.45) is 0 Å². The molecule has 1 atom stereocenters. The first-order valence-corrected chi connectivity index (χ1v) is 15.6. The molecule has 1 unspecified atom stereocenters. The third kappa shape index (κ3) is 5.59. The highest BCUT2D eigenvalue weighted by Gasteiger charge is 2.36. The van der Waals surface area contributed by atoms with E-state index < -0.39 is 16.1 Å². The SMILES string of the molecule is COc1ccc(-c2csc(-n3ncc(C(=O)N4CCN(S(=O)(=O)c5ccc(OC)cc5)C(C)C4)c3C(C)C)n2)cc1. The van der Waals surface area contributed by atoms with E-state index in [1.807, 2.05) is 50.4 Å². The number of ether oxygens (including phenoxy) is 2. The highest BCUT2D eigenvalue weighted by molar-refractivity contribution is 7.89. The second kappa shape index (κ2) is 11.6. The van der Waals surface area contributed by atoms with Gasteiger partial charge in [-0.2, -0.15) is 9.40 Å². The number of hydrogen-bond acceptors (Lipinski definition) is 8.